The molecule has 0 aliphatic carbocycles. The molecule has 36 heavy (non-hydrogen) atoms. The summed E-state index contributed by atoms with van der Waals surface area (Å²) < 4.78 is 35.0. The molecular weight excluding hydrogens is 510 g/mol. The average molecular weight is 533 g/mol. The first-order chi connectivity index (χ1) is 17.5. The summed E-state index contributed by atoms with van der Waals surface area (Å²) >= 11 is 6.02. The number of likely N-dealkylation sites (tertiary alicyclic amines) is 1. The van der Waals surface area contributed by atoms with Gasteiger partial charge in [0.2, 0.25) is 6.41 Å². The van der Waals surface area contributed by atoms with E-state index < -0.39 is 5.82 Å². The smallest absolute Gasteiger partial charge is 0.215 e. The van der Waals surface area contributed by atoms with Crippen molar-refractivity contribution < 1.29 is 17.8 Å². The number of amides is 1. The van der Waals surface area contributed by atoms with E-state index >= 15 is 4.39 Å². The Morgan fingerprint density at radius 3 is 2.92 bits per heavy atom. The molecule has 2 fully saturated rings. The fraction of sp³-hybridized carbons (Fsp3) is 0.333. The minimum atomic E-state index is -0.511. The molecule has 8 nitrogen and oxygen atoms in total. The van der Waals surface area contributed by atoms with Gasteiger partial charge in [0.15, 0.2) is 12.3 Å². The third-order valence-electron chi connectivity index (χ3n) is 6.27. The maximum atomic E-state index is 15.1. The van der Waals surface area contributed by atoms with Crippen molar-refractivity contribution in [3.8, 4) is 11.3 Å². The zero-order valence-corrected chi connectivity index (χ0v) is 21.0. The number of halogens is 3. The van der Waals surface area contributed by atoms with E-state index in [1.54, 1.807) is 29.4 Å². The summed E-state index contributed by atoms with van der Waals surface area (Å²) in [5, 5.41) is 4.24. The van der Waals surface area contributed by atoms with Gasteiger partial charge >= 0.3 is 0 Å². The summed E-state index contributed by atoms with van der Waals surface area (Å²) in [4.78, 5) is 24.7. The molecule has 2 saturated heterocycles. The summed E-state index contributed by atoms with van der Waals surface area (Å²) in [6.45, 7) is 3.96. The number of morpholine rings is 1. The molecule has 2 aliphatic heterocycles. The number of aromatic nitrogens is 3. The lowest BCUT2D eigenvalue weighted by Crippen LogP contribution is -2.38. The summed E-state index contributed by atoms with van der Waals surface area (Å²) in [7, 11) is 0. The number of hydrogen-bond acceptors (Lipinski definition) is 7. The van der Waals surface area contributed by atoms with E-state index in [4.69, 9.17) is 26.3 Å². The Labute approximate surface area is 216 Å². The number of aryl methyl sites for hydroxylation is 1. The number of carbonyl (C=O) groups is 1. The number of pyridine rings is 1. The van der Waals surface area contributed by atoms with E-state index in [9.17, 15) is 8.68 Å². The van der Waals surface area contributed by atoms with Crippen molar-refractivity contribution >= 4 is 47.7 Å². The van der Waals surface area contributed by atoms with Gasteiger partial charge in [0, 0.05) is 48.4 Å². The number of anilines is 1. The second kappa shape index (κ2) is 10.5. The van der Waals surface area contributed by atoms with Crippen LogP contribution in [0, 0.1) is 12.7 Å². The molecule has 2 aliphatic rings. The molecule has 0 N–H and O–H groups in total. The largest absolute Gasteiger partial charge is 0.370 e. The number of ether oxygens (including phenoxy) is 1. The zero-order valence-electron chi connectivity index (χ0n) is 19.4. The second-order valence-electron chi connectivity index (χ2n) is 8.60. The van der Waals surface area contributed by atoms with Crippen molar-refractivity contribution in [2.75, 3.05) is 31.1 Å². The fourth-order valence-electron chi connectivity index (χ4n) is 4.44. The van der Waals surface area contributed by atoms with Gasteiger partial charge in [0.05, 0.1) is 18.5 Å². The van der Waals surface area contributed by atoms with Gasteiger partial charge in [0.1, 0.15) is 29.3 Å². The highest BCUT2D eigenvalue weighted by molar-refractivity contribution is 7.92. The summed E-state index contributed by atoms with van der Waals surface area (Å²) in [5.74, 6) is 0.759. The average Bonchev–Trinajstić information content (AvgIpc) is 3.55. The third-order valence-corrected chi connectivity index (χ3v) is 6.84. The molecule has 12 heteroatoms. The number of benzene rings is 1. The van der Waals surface area contributed by atoms with Gasteiger partial charge in [-0.3, -0.25) is 4.79 Å². The molecule has 1 atom stereocenters. The first-order valence-corrected chi connectivity index (χ1v) is 12.5. The number of rotatable bonds is 6. The maximum absolute atomic E-state index is 15.1. The molecule has 1 aromatic carbocycles. The van der Waals surface area contributed by atoms with Gasteiger partial charge in [-0.15, -0.1) is 3.89 Å². The van der Waals surface area contributed by atoms with E-state index in [-0.39, 0.29) is 29.0 Å². The maximum Gasteiger partial charge on any atom is 0.215 e. The monoisotopic (exact) mass is 532 g/mol. The topological polar surface area (TPSA) is 75.8 Å². The normalized spacial score (nSPS) is 19.3. The highest BCUT2D eigenvalue weighted by Crippen LogP contribution is 2.38. The Balaban J connectivity index is 1.56. The van der Waals surface area contributed by atoms with Crippen molar-refractivity contribution in [1.82, 2.24) is 19.1 Å². The molecule has 1 unspecified atom stereocenters. The summed E-state index contributed by atoms with van der Waals surface area (Å²) in [5.41, 5.74) is 2.69. The van der Waals surface area contributed by atoms with Crippen LogP contribution >= 0.6 is 23.9 Å². The molecule has 4 heterocycles. The summed E-state index contributed by atoms with van der Waals surface area (Å²) in [6.07, 6.45) is 5.08. The summed E-state index contributed by atoms with van der Waals surface area (Å²) in [6, 6.07) is 6.35. The molecule has 0 saturated carbocycles. The Morgan fingerprint density at radius 2 is 2.17 bits per heavy atom. The van der Waals surface area contributed by atoms with Gasteiger partial charge in [-0.1, -0.05) is 11.6 Å². The number of amidine groups is 1. The minimum absolute atomic E-state index is 0.0123. The van der Waals surface area contributed by atoms with Crippen LogP contribution in [0.1, 0.15) is 30.1 Å². The van der Waals surface area contributed by atoms with Crippen LogP contribution in [0.3, 0.4) is 0 Å². The molecule has 0 radical (unpaired) electrons. The van der Waals surface area contributed by atoms with Crippen LogP contribution in [0.15, 0.2) is 41.7 Å². The van der Waals surface area contributed by atoms with Crippen LogP contribution in [0.5, 0.6) is 0 Å². The Bertz CT molecular complexity index is 1320. The fourth-order valence-corrected chi connectivity index (χ4v) is 4.85. The van der Waals surface area contributed by atoms with E-state index in [1.807, 2.05) is 17.9 Å². The molecule has 0 spiro atoms. The molecule has 3 aromatic rings. The number of hydrogen-bond donors (Lipinski definition) is 0. The van der Waals surface area contributed by atoms with Gasteiger partial charge in [-0.25, -0.2) is 14.4 Å². The SMILES string of the molecule is Cc1cc(N2CCOC(c3cnn(SF)c3)C2)nc(-c2ccc(Cl)cc2F)c1N=C1CCCN1C=O. The highest BCUT2D eigenvalue weighted by atomic mass is 35.5. The lowest BCUT2D eigenvalue weighted by atomic mass is 10.1. The second-order valence-corrected chi connectivity index (χ2v) is 9.55. The van der Waals surface area contributed by atoms with Crippen LogP contribution in [-0.2, 0) is 9.53 Å². The Kier molecular flexibility index (Phi) is 7.22. The van der Waals surface area contributed by atoms with Gasteiger partial charge < -0.3 is 14.5 Å². The van der Waals surface area contributed by atoms with Crippen LogP contribution in [0.2, 0.25) is 5.02 Å². The lowest BCUT2D eigenvalue weighted by molar-refractivity contribution is -0.114. The predicted molar refractivity (Wildman–Crippen MR) is 136 cm³/mol. The van der Waals surface area contributed by atoms with Crippen molar-refractivity contribution in [2.24, 2.45) is 4.99 Å². The lowest BCUT2D eigenvalue weighted by Gasteiger charge is -2.34. The van der Waals surface area contributed by atoms with Gasteiger partial charge in [0.25, 0.3) is 0 Å². The first kappa shape index (κ1) is 24.7. The number of aliphatic imine (C=N–C) groups is 1. The molecular formula is C24H23ClF2N6O2S. The molecule has 5 rings (SSSR count). The van der Waals surface area contributed by atoms with Gasteiger partial charge in [-0.05, 0) is 43.2 Å². The van der Waals surface area contributed by atoms with Crippen LogP contribution in [-0.4, -0.2) is 57.6 Å². The van der Waals surface area contributed by atoms with Crippen LogP contribution in [0.25, 0.3) is 11.3 Å². The Hall–Kier alpha value is -3.02. The van der Waals surface area contributed by atoms with Crippen molar-refractivity contribution in [3.05, 3.63) is 58.6 Å². The van der Waals surface area contributed by atoms with E-state index in [2.05, 4.69) is 5.10 Å². The predicted octanol–water partition coefficient (Wildman–Crippen LogP) is 5.29. The minimum Gasteiger partial charge on any atom is -0.370 e. The molecule has 1 amide bonds. The Morgan fingerprint density at radius 1 is 1.31 bits per heavy atom. The van der Waals surface area contributed by atoms with Crippen molar-refractivity contribution in [3.63, 3.8) is 0 Å². The van der Waals surface area contributed by atoms with E-state index in [1.165, 1.54) is 6.07 Å². The van der Waals surface area contributed by atoms with Gasteiger partial charge in [-0.2, -0.15) is 9.19 Å². The molecule has 2 aromatic heterocycles. The highest BCUT2D eigenvalue weighted by Gasteiger charge is 2.27. The van der Waals surface area contributed by atoms with E-state index in [0.29, 0.717) is 55.7 Å². The molecule has 188 valence electrons. The van der Waals surface area contributed by atoms with Crippen molar-refractivity contribution in [1.29, 1.82) is 0 Å². The third kappa shape index (κ3) is 4.95. The first-order valence-electron chi connectivity index (χ1n) is 11.4. The zero-order chi connectivity index (χ0) is 25.2. The molecule has 0 bridgehead atoms. The quantitative estimate of drug-likeness (QED) is 0.402. The number of nitrogens with zero attached hydrogens (tertiary/aromatic N) is 6. The van der Waals surface area contributed by atoms with Crippen LogP contribution in [0.4, 0.5) is 19.8 Å². The van der Waals surface area contributed by atoms with Crippen molar-refractivity contribution in [2.45, 2.75) is 25.9 Å². The number of carbonyl (C=O) groups excluding carboxylic acids is 1. The van der Waals surface area contributed by atoms with Crippen LogP contribution < -0.4 is 4.90 Å². The standard InChI is InChI=1S/C24H23ClF2N6O2S/c1-15-9-22(31-7-8-35-20(13-31)16-11-28-33(12-16)36-27)30-24(18-5-4-17(25)10-19(18)26)23(15)29-21-3-2-6-32(21)14-34/h4-5,9-12,14,20H,2-3,6-8,13H2,1H3. The van der Waals surface area contributed by atoms with E-state index in [0.717, 1.165) is 28.0 Å².